The van der Waals surface area contributed by atoms with Crippen molar-refractivity contribution in [1.82, 2.24) is 9.62 Å². The van der Waals surface area contributed by atoms with Gasteiger partial charge in [0.1, 0.15) is 4.90 Å². The third-order valence-corrected chi connectivity index (χ3v) is 5.78. The van der Waals surface area contributed by atoms with E-state index in [-0.39, 0.29) is 16.0 Å². The molecule has 2 rings (SSSR count). The van der Waals surface area contributed by atoms with Gasteiger partial charge in [0.15, 0.2) is 0 Å². The zero-order valence-corrected chi connectivity index (χ0v) is 13.2. The highest BCUT2D eigenvalue weighted by Gasteiger charge is 2.28. The highest BCUT2D eigenvalue weighted by atomic mass is 35.5. The Morgan fingerprint density at radius 1 is 1.45 bits per heavy atom. The lowest BCUT2D eigenvalue weighted by Gasteiger charge is -2.35. The number of likely N-dealkylation sites (tertiary alicyclic amines) is 1. The Labute approximate surface area is 125 Å². The molecule has 0 aromatic heterocycles. The second-order valence-corrected chi connectivity index (χ2v) is 7.45. The molecule has 1 aromatic carbocycles. The van der Waals surface area contributed by atoms with Gasteiger partial charge in [0, 0.05) is 17.8 Å². The molecule has 1 saturated heterocycles. The zero-order valence-electron chi connectivity index (χ0n) is 11.6. The molecule has 1 aliphatic rings. The molecule has 2 atom stereocenters. The standard InChI is InChI=1S/C13H20ClN3O2S/c1-9-7-11(5-6-17(9)2)16-20(18,19)13-4-3-10(15)8-12(13)14/h3-4,8-9,11,16H,5-7,15H2,1-2H3. The summed E-state index contributed by atoms with van der Waals surface area (Å²) < 4.78 is 27.5. The number of hydrogen-bond donors (Lipinski definition) is 2. The quantitative estimate of drug-likeness (QED) is 0.832. The van der Waals surface area contributed by atoms with E-state index in [2.05, 4.69) is 16.5 Å². The summed E-state index contributed by atoms with van der Waals surface area (Å²) in [6, 6.07) is 4.74. The monoisotopic (exact) mass is 317 g/mol. The van der Waals surface area contributed by atoms with Crippen molar-refractivity contribution in [1.29, 1.82) is 0 Å². The molecule has 0 saturated carbocycles. The van der Waals surface area contributed by atoms with Crippen LogP contribution in [0.4, 0.5) is 5.69 Å². The van der Waals surface area contributed by atoms with Crippen molar-refractivity contribution in [3.8, 4) is 0 Å². The molecule has 7 heteroatoms. The molecule has 1 heterocycles. The van der Waals surface area contributed by atoms with Crippen molar-refractivity contribution < 1.29 is 8.42 Å². The van der Waals surface area contributed by atoms with Crippen LogP contribution in [-0.2, 0) is 10.0 Å². The third-order valence-electron chi connectivity index (χ3n) is 3.78. The van der Waals surface area contributed by atoms with Gasteiger partial charge in [-0.25, -0.2) is 13.1 Å². The van der Waals surface area contributed by atoms with Crippen molar-refractivity contribution in [2.24, 2.45) is 0 Å². The number of halogens is 1. The van der Waals surface area contributed by atoms with Crippen molar-refractivity contribution in [3.63, 3.8) is 0 Å². The van der Waals surface area contributed by atoms with Gasteiger partial charge >= 0.3 is 0 Å². The summed E-state index contributed by atoms with van der Waals surface area (Å²) in [5, 5.41) is 0.151. The van der Waals surface area contributed by atoms with E-state index in [1.807, 2.05) is 7.05 Å². The maximum Gasteiger partial charge on any atom is 0.242 e. The average Bonchev–Trinajstić information content (AvgIpc) is 2.33. The SMILES string of the molecule is CC1CC(NS(=O)(=O)c2ccc(N)cc2Cl)CCN1C. The number of hydrogen-bond acceptors (Lipinski definition) is 4. The minimum atomic E-state index is -3.60. The van der Waals surface area contributed by atoms with Crippen LogP contribution in [0, 0.1) is 0 Å². The number of nitrogens with two attached hydrogens (primary N) is 1. The van der Waals surface area contributed by atoms with Crippen molar-refractivity contribution in [3.05, 3.63) is 23.2 Å². The second-order valence-electron chi connectivity index (χ2n) is 5.36. The number of nitrogens with one attached hydrogen (secondary N) is 1. The highest BCUT2D eigenvalue weighted by Crippen LogP contribution is 2.25. The summed E-state index contributed by atoms with van der Waals surface area (Å²) in [6.45, 7) is 2.97. The maximum atomic E-state index is 12.4. The fourth-order valence-corrected chi connectivity index (χ4v) is 4.25. The van der Waals surface area contributed by atoms with E-state index in [0.29, 0.717) is 11.7 Å². The van der Waals surface area contributed by atoms with Crippen LogP contribution < -0.4 is 10.5 Å². The molecule has 112 valence electrons. The Bertz CT molecular complexity index is 591. The van der Waals surface area contributed by atoms with Gasteiger partial charge in [-0.1, -0.05) is 11.6 Å². The van der Waals surface area contributed by atoms with Gasteiger partial charge in [-0.3, -0.25) is 0 Å². The van der Waals surface area contributed by atoms with E-state index in [0.717, 1.165) is 19.4 Å². The summed E-state index contributed by atoms with van der Waals surface area (Å²) in [6.07, 6.45) is 1.59. The van der Waals surface area contributed by atoms with Gasteiger partial charge < -0.3 is 10.6 Å². The number of sulfonamides is 1. The minimum absolute atomic E-state index is 0.0557. The lowest BCUT2D eigenvalue weighted by Crippen LogP contribution is -2.47. The number of benzene rings is 1. The number of piperidine rings is 1. The summed E-state index contributed by atoms with van der Waals surface area (Å²) in [4.78, 5) is 2.31. The minimum Gasteiger partial charge on any atom is -0.399 e. The first-order valence-electron chi connectivity index (χ1n) is 6.57. The van der Waals surface area contributed by atoms with E-state index in [1.54, 1.807) is 0 Å². The second kappa shape index (κ2) is 5.89. The molecule has 2 unspecified atom stereocenters. The van der Waals surface area contributed by atoms with Crippen LogP contribution in [0.1, 0.15) is 19.8 Å². The molecule has 1 aliphatic heterocycles. The molecule has 0 amide bonds. The Morgan fingerprint density at radius 2 is 2.15 bits per heavy atom. The van der Waals surface area contributed by atoms with Crippen LogP contribution in [0.3, 0.4) is 0 Å². The third kappa shape index (κ3) is 3.44. The molecule has 20 heavy (non-hydrogen) atoms. The van der Waals surface area contributed by atoms with Crippen LogP contribution in [0.25, 0.3) is 0 Å². The normalized spacial score (nSPS) is 24.8. The summed E-state index contributed by atoms with van der Waals surface area (Å²) >= 11 is 5.98. The van der Waals surface area contributed by atoms with E-state index >= 15 is 0 Å². The first-order chi connectivity index (χ1) is 9.29. The molecular formula is C13H20ClN3O2S. The van der Waals surface area contributed by atoms with Gasteiger partial charge in [0.25, 0.3) is 0 Å². The van der Waals surface area contributed by atoms with Crippen molar-refractivity contribution in [2.75, 3.05) is 19.3 Å². The lowest BCUT2D eigenvalue weighted by atomic mass is 10.0. The molecule has 0 spiro atoms. The van der Waals surface area contributed by atoms with E-state index < -0.39 is 10.0 Å². The van der Waals surface area contributed by atoms with Gasteiger partial charge in [-0.05, 0) is 51.6 Å². The van der Waals surface area contributed by atoms with E-state index in [1.165, 1.54) is 18.2 Å². The predicted octanol–water partition coefficient (Wildman–Crippen LogP) is 1.68. The van der Waals surface area contributed by atoms with Crippen LogP contribution >= 0.6 is 11.6 Å². The van der Waals surface area contributed by atoms with E-state index in [4.69, 9.17) is 17.3 Å². The Morgan fingerprint density at radius 3 is 2.75 bits per heavy atom. The first-order valence-corrected chi connectivity index (χ1v) is 8.43. The van der Waals surface area contributed by atoms with E-state index in [9.17, 15) is 8.42 Å². The predicted molar refractivity (Wildman–Crippen MR) is 81.3 cm³/mol. The largest absolute Gasteiger partial charge is 0.399 e. The highest BCUT2D eigenvalue weighted by molar-refractivity contribution is 7.89. The van der Waals surface area contributed by atoms with Crippen LogP contribution in [0.5, 0.6) is 0 Å². The fourth-order valence-electron chi connectivity index (χ4n) is 2.41. The maximum absolute atomic E-state index is 12.4. The smallest absolute Gasteiger partial charge is 0.242 e. The summed E-state index contributed by atoms with van der Waals surface area (Å²) in [5.74, 6) is 0. The summed E-state index contributed by atoms with van der Waals surface area (Å²) in [5.41, 5.74) is 6.03. The van der Waals surface area contributed by atoms with Crippen LogP contribution in [-0.4, -0.2) is 39.0 Å². The average molecular weight is 318 g/mol. The Kier molecular flexibility index (Phi) is 4.59. The molecule has 1 fully saturated rings. The lowest BCUT2D eigenvalue weighted by molar-refractivity contribution is 0.178. The fraction of sp³-hybridized carbons (Fsp3) is 0.538. The van der Waals surface area contributed by atoms with Crippen molar-refractivity contribution in [2.45, 2.75) is 36.7 Å². The molecule has 1 aromatic rings. The van der Waals surface area contributed by atoms with Gasteiger partial charge in [-0.15, -0.1) is 0 Å². The zero-order chi connectivity index (χ0) is 14.9. The first kappa shape index (κ1) is 15.6. The molecule has 0 radical (unpaired) electrons. The van der Waals surface area contributed by atoms with Gasteiger partial charge in [0.2, 0.25) is 10.0 Å². The Balaban J connectivity index is 2.15. The van der Waals surface area contributed by atoms with Crippen molar-refractivity contribution >= 4 is 27.3 Å². The number of nitrogens with zero attached hydrogens (tertiary/aromatic N) is 1. The molecule has 3 N–H and O–H groups in total. The van der Waals surface area contributed by atoms with Crippen LogP contribution in [0.2, 0.25) is 5.02 Å². The molecule has 0 bridgehead atoms. The molecule has 5 nitrogen and oxygen atoms in total. The summed E-state index contributed by atoms with van der Waals surface area (Å²) in [7, 11) is -1.56. The van der Waals surface area contributed by atoms with Gasteiger partial charge in [-0.2, -0.15) is 0 Å². The topological polar surface area (TPSA) is 75.4 Å². The Hall–Kier alpha value is -0.820. The van der Waals surface area contributed by atoms with Crippen LogP contribution in [0.15, 0.2) is 23.1 Å². The molecule has 0 aliphatic carbocycles. The molecular weight excluding hydrogens is 298 g/mol. The number of anilines is 1. The number of rotatable bonds is 3. The van der Waals surface area contributed by atoms with Gasteiger partial charge in [0.05, 0.1) is 5.02 Å². The number of nitrogen functional groups attached to an aromatic ring is 1.